The maximum atomic E-state index is 13.6. The standard InChI is InChI=1S/C15H15FN2O/c1-3-18(12-8-6-11(2)7-9-12)15(19)13-5-4-10-17-14(13)16/h4-10H,3H2,1-2H3. The minimum atomic E-state index is -0.738. The molecule has 1 amide bonds. The highest BCUT2D eigenvalue weighted by molar-refractivity contribution is 6.06. The van der Waals surface area contributed by atoms with Crippen LogP contribution in [0.5, 0.6) is 0 Å². The average molecular weight is 258 g/mol. The van der Waals surface area contributed by atoms with Crippen molar-refractivity contribution in [1.82, 2.24) is 4.98 Å². The van der Waals surface area contributed by atoms with Gasteiger partial charge in [0.2, 0.25) is 5.95 Å². The lowest BCUT2D eigenvalue weighted by molar-refractivity contribution is 0.0983. The first-order valence-electron chi connectivity index (χ1n) is 6.12. The molecule has 0 saturated heterocycles. The summed E-state index contributed by atoms with van der Waals surface area (Å²) in [5, 5.41) is 0. The van der Waals surface area contributed by atoms with Crippen LogP contribution in [-0.2, 0) is 0 Å². The first-order chi connectivity index (χ1) is 9.13. The molecule has 0 saturated carbocycles. The van der Waals surface area contributed by atoms with Crippen LogP contribution in [0.25, 0.3) is 0 Å². The third-order valence-corrected chi connectivity index (χ3v) is 2.90. The van der Waals surface area contributed by atoms with Gasteiger partial charge in [-0.3, -0.25) is 4.79 Å². The van der Waals surface area contributed by atoms with Gasteiger partial charge in [-0.2, -0.15) is 4.39 Å². The van der Waals surface area contributed by atoms with Crippen LogP contribution in [0, 0.1) is 12.9 Å². The van der Waals surface area contributed by atoms with E-state index in [4.69, 9.17) is 0 Å². The lowest BCUT2D eigenvalue weighted by Gasteiger charge is -2.21. The number of pyridine rings is 1. The van der Waals surface area contributed by atoms with Crippen LogP contribution in [-0.4, -0.2) is 17.4 Å². The molecule has 1 aromatic heterocycles. The van der Waals surface area contributed by atoms with Crippen LogP contribution in [0.15, 0.2) is 42.6 Å². The van der Waals surface area contributed by atoms with Crippen LogP contribution in [0.1, 0.15) is 22.8 Å². The zero-order valence-electron chi connectivity index (χ0n) is 10.9. The van der Waals surface area contributed by atoms with Crippen LogP contribution >= 0.6 is 0 Å². The molecule has 0 unspecified atom stereocenters. The summed E-state index contributed by atoms with van der Waals surface area (Å²) in [4.78, 5) is 17.4. The molecular weight excluding hydrogens is 243 g/mol. The molecule has 0 bridgehead atoms. The first kappa shape index (κ1) is 13.2. The van der Waals surface area contributed by atoms with E-state index >= 15 is 0 Å². The van der Waals surface area contributed by atoms with E-state index in [1.165, 1.54) is 17.2 Å². The molecule has 98 valence electrons. The lowest BCUT2D eigenvalue weighted by atomic mass is 10.2. The average Bonchev–Trinajstić information content (AvgIpc) is 2.42. The molecular formula is C15H15FN2O. The van der Waals surface area contributed by atoms with E-state index in [2.05, 4.69) is 4.98 Å². The van der Waals surface area contributed by atoms with Crippen molar-refractivity contribution in [2.75, 3.05) is 11.4 Å². The molecule has 0 fully saturated rings. The second-order valence-corrected chi connectivity index (χ2v) is 4.23. The molecule has 4 heteroatoms. The molecule has 3 nitrogen and oxygen atoms in total. The SMILES string of the molecule is CCN(C(=O)c1cccnc1F)c1ccc(C)cc1. The molecule has 0 atom stereocenters. The second-order valence-electron chi connectivity index (χ2n) is 4.23. The monoisotopic (exact) mass is 258 g/mol. The van der Waals surface area contributed by atoms with Crippen molar-refractivity contribution in [1.29, 1.82) is 0 Å². The van der Waals surface area contributed by atoms with Gasteiger partial charge in [0.05, 0.1) is 5.56 Å². The topological polar surface area (TPSA) is 33.2 Å². The van der Waals surface area contributed by atoms with Gasteiger partial charge in [0.1, 0.15) is 0 Å². The molecule has 2 rings (SSSR count). The lowest BCUT2D eigenvalue weighted by Crippen LogP contribution is -2.31. The van der Waals surface area contributed by atoms with Gasteiger partial charge in [-0.25, -0.2) is 4.98 Å². The Morgan fingerprint density at radius 1 is 1.26 bits per heavy atom. The maximum Gasteiger partial charge on any atom is 0.262 e. The molecule has 0 aliphatic rings. The van der Waals surface area contributed by atoms with Gasteiger partial charge in [-0.1, -0.05) is 17.7 Å². The summed E-state index contributed by atoms with van der Waals surface area (Å²) in [6.45, 7) is 4.30. The first-order valence-corrected chi connectivity index (χ1v) is 6.12. The smallest absolute Gasteiger partial charge is 0.262 e. The Balaban J connectivity index is 2.35. The molecule has 1 heterocycles. The van der Waals surface area contributed by atoms with Crippen LogP contribution in [0.2, 0.25) is 0 Å². The number of halogens is 1. The molecule has 0 aliphatic heterocycles. The molecule has 0 N–H and O–H groups in total. The quantitative estimate of drug-likeness (QED) is 0.792. The van der Waals surface area contributed by atoms with Crippen molar-refractivity contribution in [2.45, 2.75) is 13.8 Å². The zero-order chi connectivity index (χ0) is 13.8. The summed E-state index contributed by atoms with van der Waals surface area (Å²) >= 11 is 0. The number of hydrogen-bond donors (Lipinski definition) is 0. The Morgan fingerprint density at radius 2 is 1.95 bits per heavy atom. The Labute approximate surface area is 111 Å². The molecule has 2 aromatic rings. The fourth-order valence-electron chi connectivity index (χ4n) is 1.86. The highest BCUT2D eigenvalue weighted by Gasteiger charge is 2.19. The molecule has 1 aromatic carbocycles. The number of aromatic nitrogens is 1. The van der Waals surface area contributed by atoms with Crippen LogP contribution < -0.4 is 4.90 Å². The fourth-order valence-corrected chi connectivity index (χ4v) is 1.86. The Bertz CT molecular complexity index is 581. The van der Waals surface area contributed by atoms with E-state index in [1.54, 1.807) is 6.07 Å². The maximum absolute atomic E-state index is 13.6. The van der Waals surface area contributed by atoms with Crippen molar-refractivity contribution >= 4 is 11.6 Å². The third-order valence-electron chi connectivity index (χ3n) is 2.90. The van der Waals surface area contributed by atoms with Gasteiger partial charge in [0.15, 0.2) is 0 Å². The van der Waals surface area contributed by atoms with Crippen LogP contribution in [0.4, 0.5) is 10.1 Å². The third kappa shape index (κ3) is 2.78. The summed E-state index contributed by atoms with van der Waals surface area (Å²) in [7, 11) is 0. The van der Waals surface area contributed by atoms with E-state index in [0.29, 0.717) is 6.54 Å². The van der Waals surface area contributed by atoms with Crippen molar-refractivity contribution in [3.05, 3.63) is 59.7 Å². The van der Waals surface area contributed by atoms with E-state index in [-0.39, 0.29) is 11.5 Å². The number of amides is 1. The number of nitrogens with zero attached hydrogens (tertiary/aromatic N) is 2. The van der Waals surface area contributed by atoms with Gasteiger partial charge in [0.25, 0.3) is 5.91 Å². The predicted octanol–water partition coefficient (Wildman–Crippen LogP) is 3.20. The zero-order valence-corrected chi connectivity index (χ0v) is 10.9. The molecule has 0 radical (unpaired) electrons. The number of carbonyl (C=O) groups is 1. The van der Waals surface area contributed by atoms with Crippen molar-refractivity contribution < 1.29 is 9.18 Å². The molecule has 19 heavy (non-hydrogen) atoms. The summed E-state index contributed by atoms with van der Waals surface area (Å²) in [6.07, 6.45) is 1.33. The highest BCUT2D eigenvalue weighted by atomic mass is 19.1. The van der Waals surface area contributed by atoms with E-state index in [9.17, 15) is 9.18 Å². The minimum absolute atomic E-state index is 0.00933. The number of aryl methyl sites for hydroxylation is 1. The minimum Gasteiger partial charge on any atom is -0.309 e. The Hall–Kier alpha value is -2.23. The van der Waals surface area contributed by atoms with Crippen molar-refractivity contribution in [3.63, 3.8) is 0 Å². The second kappa shape index (κ2) is 5.61. The van der Waals surface area contributed by atoms with Crippen molar-refractivity contribution in [3.8, 4) is 0 Å². The fraction of sp³-hybridized carbons (Fsp3) is 0.200. The number of carbonyl (C=O) groups excluding carboxylic acids is 1. The van der Waals surface area contributed by atoms with Gasteiger partial charge in [-0.05, 0) is 38.1 Å². The Morgan fingerprint density at radius 3 is 2.53 bits per heavy atom. The Kier molecular flexibility index (Phi) is 3.90. The van der Waals surface area contributed by atoms with Gasteiger partial charge >= 0.3 is 0 Å². The molecule has 0 spiro atoms. The van der Waals surface area contributed by atoms with E-state index in [1.807, 2.05) is 38.1 Å². The number of benzene rings is 1. The molecule has 0 aliphatic carbocycles. The van der Waals surface area contributed by atoms with Gasteiger partial charge < -0.3 is 4.90 Å². The number of hydrogen-bond acceptors (Lipinski definition) is 2. The number of anilines is 1. The van der Waals surface area contributed by atoms with Gasteiger partial charge in [-0.15, -0.1) is 0 Å². The van der Waals surface area contributed by atoms with E-state index in [0.717, 1.165) is 11.3 Å². The van der Waals surface area contributed by atoms with Gasteiger partial charge in [0, 0.05) is 18.4 Å². The van der Waals surface area contributed by atoms with E-state index < -0.39 is 5.95 Å². The normalized spacial score (nSPS) is 10.3. The van der Waals surface area contributed by atoms with Crippen LogP contribution in [0.3, 0.4) is 0 Å². The number of rotatable bonds is 3. The predicted molar refractivity (Wildman–Crippen MR) is 72.7 cm³/mol. The summed E-state index contributed by atoms with van der Waals surface area (Å²) < 4.78 is 13.6. The highest BCUT2D eigenvalue weighted by Crippen LogP contribution is 2.18. The summed E-state index contributed by atoms with van der Waals surface area (Å²) in [5.74, 6) is -1.12. The summed E-state index contributed by atoms with van der Waals surface area (Å²) in [5.41, 5.74) is 1.85. The largest absolute Gasteiger partial charge is 0.309 e. The van der Waals surface area contributed by atoms with Crippen molar-refractivity contribution in [2.24, 2.45) is 0 Å². The summed E-state index contributed by atoms with van der Waals surface area (Å²) in [6, 6.07) is 10.5.